The third kappa shape index (κ3) is 2.31. The molecule has 0 unspecified atom stereocenters. The van der Waals surface area contributed by atoms with Crippen molar-refractivity contribution in [2.45, 2.75) is 18.7 Å². The molecule has 0 saturated heterocycles. The molecule has 0 atom stereocenters. The van der Waals surface area contributed by atoms with E-state index in [1.165, 1.54) is 0 Å². The minimum absolute atomic E-state index is 0.0712. The van der Waals surface area contributed by atoms with Gasteiger partial charge in [0.1, 0.15) is 5.82 Å². The van der Waals surface area contributed by atoms with Crippen molar-refractivity contribution in [3.63, 3.8) is 0 Å². The second-order valence-corrected chi connectivity index (χ2v) is 7.63. The van der Waals surface area contributed by atoms with Crippen LogP contribution in [0.25, 0.3) is 22.2 Å². The molecule has 0 radical (unpaired) electrons. The second kappa shape index (κ2) is 5.25. The molecule has 114 valence electrons. The second-order valence-electron chi connectivity index (χ2n) is 5.38. The molecule has 5 heteroatoms. The first-order valence-corrected chi connectivity index (χ1v) is 8.83. The van der Waals surface area contributed by atoms with Crippen LogP contribution in [0.1, 0.15) is 12.6 Å². The number of aryl methyl sites for hydroxylation is 1. The minimum atomic E-state index is -3.33. The van der Waals surface area contributed by atoms with Crippen molar-refractivity contribution in [1.29, 1.82) is 0 Å². The van der Waals surface area contributed by atoms with Crippen LogP contribution < -0.4 is 0 Å². The summed E-state index contributed by atoms with van der Waals surface area (Å²) in [6, 6.07) is 11.4. The standard InChI is InChI=1S/C17H18N2O2S/c1-4-22(20,21)16-10-14-8-6-5-7-13(14)9-15(16)17-18-11-12(2)19(17)3/h5-11H,4H2,1-3H3. The summed E-state index contributed by atoms with van der Waals surface area (Å²) in [6.07, 6.45) is 1.76. The van der Waals surface area contributed by atoms with Crippen molar-refractivity contribution in [2.24, 2.45) is 7.05 Å². The molecule has 0 amide bonds. The fourth-order valence-corrected chi connectivity index (χ4v) is 3.65. The summed E-state index contributed by atoms with van der Waals surface area (Å²) in [5.74, 6) is 0.747. The van der Waals surface area contributed by atoms with Gasteiger partial charge in [-0.2, -0.15) is 0 Å². The molecule has 0 fully saturated rings. The third-order valence-corrected chi connectivity index (χ3v) is 5.79. The molecule has 4 nitrogen and oxygen atoms in total. The molecule has 22 heavy (non-hydrogen) atoms. The Morgan fingerprint density at radius 1 is 1.14 bits per heavy atom. The molecule has 0 saturated carbocycles. The Kier molecular flexibility index (Phi) is 3.53. The number of rotatable bonds is 3. The van der Waals surface area contributed by atoms with Crippen LogP contribution in [0.2, 0.25) is 0 Å². The van der Waals surface area contributed by atoms with Gasteiger partial charge in [-0.05, 0) is 29.8 Å². The van der Waals surface area contributed by atoms with E-state index in [1.807, 2.05) is 48.9 Å². The number of hydrogen-bond donors (Lipinski definition) is 0. The van der Waals surface area contributed by atoms with E-state index in [0.717, 1.165) is 16.5 Å². The number of nitrogens with zero attached hydrogens (tertiary/aromatic N) is 2. The Bertz CT molecular complexity index is 956. The van der Waals surface area contributed by atoms with E-state index in [9.17, 15) is 8.42 Å². The maximum Gasteiger partial charge on any atom is 0.178 e. The fourth-order valence-electron chi connectivity index (χ4n) is 2.55. The van der Waals surface area contributed by atoms with Gasteiger partial charge in [-0.25, -0.2) is 13.4 Å². The molecule has 0 aliphatic rings. The van der Waals surface area contributed by atoms with Crippen molar-refractivity contribution in [1.82, 2.24) is 9.55 Å². The number of sulfone groups is 1. The van der Waals surface area contributed by atoms with E-state index >= 15 is 0 Å². The van der Waals surface area contributed by atoms with Crippen LogP contribution in [0, 0.1) is 6.92 Å². The summed E-state index contributed by atoms with van der Waals surface area (Å²) in [6.45, 7) is 3.61. The SMILES string of the molecule is CCS(=O)(=O)c1cc2ccccc2cc1-c1ncc(C)n1C. The van der Waals surface area contributed by atoms with Crippen LogP contribution in [0.5, 0.6) is 0 Å². The van der Waals surface area contributed by atoms with Crippen LogP contribution in [-0.4, -0.2) is 23.7 Å². The number of imidazole rings is 1. The number of hydrogen-bond acceptors (Lipinski definition) is 3. The number of aromatic nitrogens is 2. The summed E-state index contributed by atoms with van der Waals surface area (Å²) in [4.78, 5) is 4.75. The quantitative estimate of drug-likeness (QED) is 0.745. The van der Waals surface area contributed by atoms with Gasteiger partial charge in [0.2, 0.25) is 0 Å². The van der Waals surface area contributed by atoms with Gasteiger partial charge in [0, 0.05) is 24.5 Å². The highest BCUT2D eigenvalue weighted by Gasteiger charge is 2.21. The van der Waals surface area contributed by atoms with Gasteiger partial charge >= 0.3 is 0 Å². The smallest absolute Gasteiger partial charge is 0.178 e. The van der Waals surface area contributed by atoms with E-state index in [2.05, 4.69) is 4.98 Å². The minimum Gasteiger partial charge on any atom is -0.331 e. The van der Waals surface area contributed by atoms with E-state index in [0.29, 0.717) is 16.3 Å². The normalized spacial score (nSPS) is 12.0. The largest absolute Gasteiger partial charge is 0.331 e. The highest BCUT2D eigenvalue weighted by molar-refractivity contribution is 7.91. The third-order valence-electron chi connectivity index (χ3n) is 4.02. The Balaban J connectivity index is 2.41. The van der Waals surface area contributed by atoms with Crippen molar-refractivity contribution in [3.8, 4) is 11.4 Å². The molecular formula is C17H18N2O2S. The van der Waals surface area contributed by atoms with E-state index in [-0.39, 0.29) is 5.75 Å². The molecule has 0 aliphatic carbocycles. The topological polar surface area (TPSA) is 52.0 Å². The predicted octanol–water partition coefficient (Wildman–Crippen LogP) is 3.34. The highest BCUT2D eigenvalue weighted by atomic mass is 32.2. The fraction of sp³-hybridized carbons (Fsp3) is 0.235. The zero-order valence-electron chi connectivity index (χ0n) is 12.9. The van der Waals surface area contributed by atoms with Gasteiger partial charge in [-0.15, -0.1) is 0 Å². The molecular weight excluding hydrogens is 296 g/mol. The van der Waals surface area contributed by atoms with Crippen molar-refractivity contribution in [3.05, 3.63) is 48.3 Å². The molecule has 0 N–H and O–H groups in total. The van der Waals surface area contributed by atoms with Gasteiger partial charge in [-0.3, -0.25) is 0 Å². The molecule has 0 aliphatic heterocycles. The monoisotopic (exact) mass is 314 g/mol. The van der Waals surface area contributed by atoms with E-state index in [1.54, 1.807) is 19.2 Å². The van der Waals surface area contributed by atoms with Gasteiger partial charge < -0.3 is 4.57 Å². The molecule has 3 aromatic rings. The lowest BCUT2D eigenvalue weighted by atomic mass is 10.1. The summed E-state index contributed by atoms with van der Waals surface area (Å²) >= 11 is 0. The van der Waals surface area contributed by atoms with Crippen molar-refractivity contribution >= 4 is 20.6 Å². The van der Waals surface area contributed by atoms with Gasteiger partial charge in [0.15, 0.2) is 9.84 Å². The van der Waals surface area contributed by atoms with Crippen LogP contribution in [-0.2, 0) is 16.9 Å². The lowest BCUT2D eigenvalue weighted by Crippen LogP contribution is -2.07. The van der Waals surface area contributed by atoms with Crippen molar-refractivity contribution in [2.75, 3.05) is 5.75 Å². The number of benzene rings is 2. The first kappa shape index (κ1) is 14.8. The lowest BCUT2D eigenvalue weighted by molar-refractivity contribution is 0.597. The van der Waals surface area contributed by atoms with Gasteiger partial charge in [-0.1, -0.05) is 31.2 Å². The molecule has 0 bridgehead atoms. The Hall–Kier alpha value is -2.14. The highest BCUT2D eigenvalue weighted by Crippen LogP contribution is 2.32. The van der Waals surface area contributed by atoms with Crippen LogP contribution in [0.4, 0.5) is 0 Å². The molecule has 2 aromatic carbocycles. The number of fused-ring (bicyclic) bond motifs is 1. The zero-order chi connectivity index (χ0) is 15.9. The Morgan fingerprint density at radius 2 is 1.77 bits per heavy atom. The summed E-state index contributed by atoms with van der Waals surface area (Å²) in [7, 11) is -1.43. The molecule has 3 rings (SSSR count). The first-order valence-electron chi connectivity index (χ1n) is 7.18. The average Bonchev–Trinajstić information content (AvgIpc) is 2.85. The zero-order valence-corrected chi connectivity index (χ0v) is 13.7. The summed E-state index contributed by atoms with van der Waals surface area (Å²) < 4.78 is 27.0. The molecule has 1 heterocycles. The Morgan fingerprint density at radius 3 is 2.32 bits per heavy atom. The maximum atomic E-state index is 12.5. The van der Waals surface area contributed by atoms with E-state index in [4.69, 9.17) is 0 Å². The van der Waals surface area contributed by atoms with Crippen LogP contribution in [0.15, 0.2) is 47.5 Å². The average molecular weight is 314 g/mol. The summed E-state index contributed by atoms with van der Waals surface area (Å²) in [5, 5.41) is 1.93. The van der Waals surface area contributed by atoms with Gasteiger partial charge in [0.25, 0.3) is 0 Å². The Labute approximate surface area is 130 Å². The first-order chi connectivity index (χ1) is 10.4. The predicted molar refractivity (Wildman–Crippen MR) is 88.6 cm³/mol. The lowest BCUT2D eigenvalue weighted by Gasteiger charge is -2.12. The maximum absolute atomic E-state index is 12.5. The van der Waals surface area contributed by atoms with Crippen LogP contribution >= 0.6 is 0 Å². The molecule has 0 spiro atoms. The van der Waals surface area contributed by atoms with Gasteiger partial charge in [0.05, 0.1) is 10.6 Å². The van der Waals surface area contributed by atoms with Crippen molar-refractivity contribution < 1.29 is 8.42 Å². The summed E-state index contributed by atoms with van der Waals surface area (Å²) in [5.41, 5.74) is 1.65. The van der Waals surface area contributed by atoms with Crippen LogP contribution in [0.3, 0.4) is 0 Å². The molecule has 1 aromatic heterocycles. The van der Waals surface area contributed by atoms with E-state index < -0.39 is 9.84 Å².